The molecule has 5 heteroatoms. The van der Waals surface area contributed by atoms with Gasteiger partial charge in [0, 0.05) is 13.1 Å². The van der Waals surface area contributed by atoms with Crippen LogP contribution in [0.4, 0.5) is 0 Å². The van der Waals surface area contributed by atoms with Gasteiger partial charge in [0.15, 0.2) is 5.84 Å². The van der Waals surface area contributed by atoms with Gasteiger partial charge in [0.2, 0.25) is 0 Å². The molecule has 0 bridgehead atoms. The highest BCUT2D eigenvalue weighted by atomic mass is 16.4. The van der Waals surface area contributed by atoms with Crippen molar-refractivity contribution < 1.29 is 5.21 Å². The van der Waals surface area contributed by atoms with Gasteiger partial charge in [0.25, 0.3) is 0 Å². The molecule has 0 aromatic rings. The van der Waals surface area contributed by atoms with Crippen LogP contribution in [0.3, 0.4) is 0 Å². The van der Waals surface area contributed by atoms with E-state index in [0.29, 0.717) is 0 Å². The van der Waals surface area contributed by atoms with Crippen molar-refractivity contribution in [2.75, 3.05) is 26.2 Å². The molecule has 4 N–H and O–H groups in total. The van der Waals surface area contributed by atoms with Gasteiger partial charge in [-0.25, -0.2) is 0 Å². The number of likely N-dealkylation sites (N-methyl/N-ethyl adjacent to an activating group) is 1. The molecule has 0 aromatic carbocycles. The molecule has 0 aromatic heterocycles. The number of hydrogen-bond donors (Lipinski definition) is 3. The van der Waals surface area contributed by atoms with Gasteiger partial charge in [-0.3, -0.25) is 0 Å². The molecular weight excluding hydrogens is 180 g/mol. The molecule has 1 atom stereocenters. The van der Waals surface area contributed by atoms with Crippen molar-refractivity contribution in [3.05, 3.63) is 0 Å². The van der Waals surface area contributed by atoms with Gasteiger partial charge < -0.3 is 21.2 Å². The highest BCUT2D eigenvalue weighted by Crippen LogP contribution is 1.86. The Bertz CT molecular complexity index is 168. The minimum Gasteiger partial charge on any atom is -0.409 e. The van der Waals surface area contributed by atoms with Gasteiger partial charge in [0.1, 0.15) is 0 Å². The van der Waals surface area contributed by atoms with Crippen LogP contribution in [0.15, 0.2) is 5.16 Å². The van der Waals surface area contributed by atoms with Crippen LogP contribution in [-0.2, 0) is 0 Å². The SMILES string of the molecule is CCN(CC)CCNC(C)C(N)=NO. The van der Waals surface area contributed by atoms with Crippen molar-refractivity contribution in [2.24, 2.45) is 10.9 Å². The third-order valence-electron chi connectivity index (χ3n) is 2.33. The summed E-state index contributed by atoms with van der Waals surface area (Å²) in [5.74, 6) is 0.226. The fourth-order valence-electron chi connectivity index (χ4n) is 1.17. The number of amidine groups is 1. The van der Waals surface area contributed by atoms with E-state index < -0.39 is 0 Å². The lowest BCUT2D eigenvalue weighted by Gasteiger charge is -2.19. The van der Waals surface area contributed by atoms with Gasteiger partial charge in [0.05, 0.1) is 6.04 Å². The average Bonchev–Trinajstić information content (AvgIpc) is 2.22. The molecule has 5 nitrogen and oxygen atoms in total. The smallest absolute Gasteiger partial charge is 0.156 e. The van der Waals surface area contributed by atoms with Crippen molar-refractivity contribution in [2.45, 2.75) is 26.8 Å². The highest BCUT2D eigenvalue weighted by molar-refractivity contribution is 5.84. The molecule has 84 valence electrons. The molecule has 0 aliphatic rings. The van der Waals surface area contributed by atoms with E-state index in [1.807, 2.05) is 6.92 Å². The summed E-state index contributed by atoms with van der Waals surface area (Å²) >= 11 is 0. The normalized spacial score (nSPS) is 14.7. The molecule has 14 heavy (non-hydrogen) atoms. The molecular formula is C9H22N4O. The van der Waals surface area contributed by atoms with Crippen LogP contribution < -0.4 is 11.1 Å². The first-order valence-corrected chi connectivity index (χ1v) is 5.08. The maximum Gasteiger partial charge on any atom is 0.156 e. The van der Waals surface area contributed by atoms with Crippen molar-refractivity contribution in [1.82, 2.24) is 10.2 Å². The number of nitrogens with zero attached hydrogens (tertiary/aromatic N) is 2. The summed E-state index contributed by atoms with van der Waals surface area (Å²) in [6.45, 7) is 10.1. The fourth-order valence-corrected chi connectivity index (χ4v) is 1.17. The summed E-state index contributed by atoms with van der Waals surface area (Å²) in [6.07, 6.45) is 0. The van der Waals surface area contributed by atoms with Crippen LogP contribution in [0, 0.1) is 0 Å². The molecule has 0 fully saturated rings. The van der Waals surface area contributed by atoms with Crippen molar-refractivity contribution in [1.29, 1.82) is 0 Å². The third kappa shape index (κ3) is 5.04. The first-order valence-electron chi connectivity index (χ1n) is 5.08. The van der Waals surface area contributed by atoms with E-state index in [0.717, 1.165) is 26.2 Å². The van der Waals surface area contributed by atoms with E-state index in [4.69, 9.17) is 10.9 Å². The minimum absolute atomic E-state index is 0.0736. The third-order valence-corrected chi connectivity index (χ3v) is 2.33. The standard InChI is InChI=1S/C9H22N4O/c1-4-13(5-2)7-6-11-8(3)9(10)12-14/h8,11,14H,4-7H2,1-3H3,(H2,10,12). The zero-order chi connectivity index (χ0) is 11.0. The summed E-state index contributed by atoms with van der Waals surface area (Å²) in [5, 5.41) is 14.5. The van der Waals surface area contributed by atoms with Gasteiger partial charge in [-0.1, -0.05) is 19.0 Å². The first-order chi connectivity index (χ1) is 6.65. The first kappa shape index (κ1) is 13.2. The molecule has 0 radical (unpaired) electrons. The second kappa shape index (κ2) is 7.58. The Balaban J connectivity index is 3.63. The van der Waals surface area contributed by atoms with Crippen LogP contribution in [0.2, 0.25) is 0 Å². The van der Waals surface area contributed by atoms with Crippen molar-refractivity contribution >= 4 is 5.84 Å². The maximum atomic E-state index is 8.42. The molecule has 0 aliphatic heterocycles. The predicted octanol–water partition coefficient (Wildman–Crippen LogP) is 0.0527. The topological polar surface area (TPSA) is 73.9 Å². The Kier molecular flexibility index (Phi) is 7.14. The van der Waals surface area contributed by atoms with Crippen molar-refractivity contribution in [3.8, 4) is 0 Å². The van der Waals surface area contributed by atoms with Crippen LogP contribution in [0.1, 0.15) is 20.8 Å². The number of rotatable bonds is 7. The number of oxime groups is 1. The van der Waals surface area contributed by atoms with E-state index in [1.165, 1.54) is 0 Å². The van der Waals surface area contributed by atoms with Gasteiger partial charge >= 0.3 is 0 Å². The number of nitrogens with one attached hydrogen (secondary N) is 1. The molecule has 0 aliphatic carbocycles. The van der Waals surface area contributed by atoms with E-state index in [2.05, 4.69) is 29.2 Å². The predicted molar refractivity (Wildman–Crippen MR) is 58.7 cm³/mol. The lowest BCUT2D eigenvalue weighted by Crippen LogP contribution is -2.42. The molecule has 1 unspecified atom stereocenters. The Morgan fingerprint density at radius 2 is 2.07 bits per heavy atom. The molecule has 0 rings (SSSR count). The zero-order valence-electron chi connectivity index (χ0n) is 9.32. The molecule has 0 saturated carbocycles. The molecule has 0 saturated heterocycles. The number of nitrogens with two attached hydrogens (primary N) is 1. The quantitative estimate of drug-likeness (QED) is 0.236. The Hall–Kier alpha value is -0.810. The Morgan fingerprint density at radius 1 is 1.50 bits per heavy atom. The average molecular weight is 202 g/mol. The lowest BCUT2D eigenvalue weighted by molar-refractivity contribution is 0.298. The van der Waals surface area contributed by atoms with E-state index in [9.17, 15) is 0 Å². The maximum absolute atomic E-state index is 8.42. The number of hydrogen-bond acceptors (Lipinski definition) is 4. The molecule has 0 heterocycles. The minimum atomic E-state index is -0.0736. The molecule has 0 amide bonds. The second-order valence-electron chi connectivity index (χ2n) is 3.23. The van der Waals surface area contributed by atoms with Crippen LogP contribution in [0.25, 0.3) is 0 Å². The van der Waals surface area contributed by atoms with Gasteiger partial charge in [-0.05, 0) is 20.0 Å². The van der Waals surface area contributed by atoms with Crippen LogP contribution >= 0.6 is 0 Å². The van der Waals surface area contributed by atoms with Crippen molar-refractivity contribution in [3.63, 3.8) is 0 Å². The van der Waals surface area contributed by atoms with E-state index in [1.54, 1.807) is 0 Å². The van der Waals surface area contributed by atoms with Crippen LogP contribution in [-0.4, -0.2) is 48.2 Å². The summed E-state index contributed by atoms with van der Waals surface area (Å²) in [5.41, 5.74) is 5.42. The molecule has 0 spiro atoms. The summed E-state index contributed by atoms with van der Waals surface area (Å²) in [6, 6.07) is -0.0736. The van der Waals surface area contributed by atoms with Gasteiger partial charge in [-0.15, -0.1) is 0 Å². The fraction of sp³-hybridized carbons (Fsp3) is 0.889. The zero-order valence-corrected chi connectivity index (χ0v) is 9.32. The van der Waals surface area contributed by atoms with E-state index >= 15 is 0 Å². The Labute approximate surface area is 86.0 Å². The highest BCUT2D eigenvalue weighted by Gasteiger charge is 2.06. The largest absolute Gasteiger partial charge is 0.409 e. The summed E-state index contributed by atoms with van der Waals surface area (Å²) in [4.78, 5) is 2.31. The summed E-state index contributed by atoms with van der Waals surface area (Å²) < 4.78 is 0. The van der Waals surface area contributed by atoms with E-state index in [-0.39, 0.29) is 11.9 Å². The lowest BCUT2D eigenvalue weighted by atomic mass is 10.3. The summed E-state index contributed by atoms with van der Waals surface area (Å²) in [7, 11) is 0. The van der Waals surface area contributed by atoms with Gasteiger partial charge in [-0.2, -0.15) is 0 Å². The monoisotopic (exact) mass is 202 g/mol. The van der Waals surface area contributed by atoms with Crippen LogP contribution in [0.5, 0.6) is 0 Å². The Morgan fingerprint density at radius 3 is 2.50 bits per heavy atom. The second-order valence-corrected chi connectivity index (χ2v) is 3.23.